The second kappa shape index (κ2) is 4.44. The minimum Gasteiger partial charge on any atom is -0.492 e. The lowest BCUT2D eigenvalue weighted by Gasteiger charge is -2.06. The first kappa shape index (κ1) is 12.0. The molecule has 1 aromatic heterocycles. The summed E-state index contributed by atoms with van der Waals surface area (Å²) in [4.78, 5) is 17.8. The summed E-state index contributed by atoms with van der Waals surface area (Å²) in [5.41, 5.74) is 0.765. The van der Waals surface area contributed by atoms with Gasteiger partial charge in [-0.3, -0.25) is 4.79 Å². The molecule has 1 heterocycles. The Labute approximate surface area is 110 Å². The van der Waals surface area contributed by atoms with E-state index in [1.54, 1.807) is 35.6 Å². The number of H-pyrrole nitrogens is 1. The van der Waals surface area contributed by atoms with Crippen molar-refractivity contribution in [3.8, 4) is 17.3 Å². The van der Waals surface area contributed by atoms with Crippen LogP contribution in [0.3, 0.4) is 0 Å². The number of aromatic hydroxyl groups is 1. The lowest BCUT2D eigenvalue weighted by atomic mass is 10.1. The van der Waals surface area contributed by atoms with Crippen LogP contribution in [0, 0.1) is 16.3 Å². The average Bonchev–Trinajstić information content (AvgIpc) is 2.28. The Kier molecular flexibility index (Phi) is 3.14. The molecule has 0 aliphatic heterocycles. The van der Waals surface area contributed by atoms with Crippen molar-refractivity contribution >= 4 is 22.6 Å². The highest BCUT2D eigenvalue weighted by molar-refractivity contribution is 14.1. The van der Waals surface area contributed by atoms with E-state index in [0.29, 0.717) is 5.56 Å². The quantitative estimate of drug-likeness (QED) is 0.778. The first-order valence-corrected chi connectivity index (χ1v) is 5.82. The van der Waals surface area contributed by atoms with Crippen molar-refractivity contribution in [3.05, 3.63) is 43.5 Å². The number of rotatable bonds is 1. The molecule has 2 aromatic rings. The maximum atomic E-state index is 13.1. The molecule has 1 aromatic carbocycles. The van der Waals surface area contributed by atoms with Crippen molar-refractivity contribution < 1.29 is 9.50 Å². The summed E-state index contributed by atoms with van der Waals surface area (Å²) in [7, 11) is 0. The van der Waals surface area contributed by atoms with Crippen molar-refractivity contribution in [1.82, 2.24) is 9.97 Å². The molecule has 0 spiro atoms. The second-order valence-corrected chi connectivity index (χ2v) is 4.59. The summed E-state index contributed by atoms with van der Waals surface area (Å²) < 4.78 is 13.2. The Morgan fingerprint density at radius 2 is 2.18 bits per heavy atom. The van der Waals surface area contributed by atoms with Crippen LogP contribution in [-0.2, 0) is 0 Å². The molecule has 88 valence electrons. The van der Waals surface area contributed by atoms with E-state index >= 15 is 0 Å². The molecule has 0 fully saturated rings. The number of hydrogen-bond acceptors (Lipinski definition) is 3. The molecule has 0 atom stereocenters. The molecule has 0 aliphatic carbocycles. The fourth-order valence-corrected chi connectivity index (χ4v) is 1.68. The van der Waals surface area contributed by atoms with Crippen molar-refractivity contribution in [2.75, 3.05) is 0 Å². The van der Waals surface area contributed by atoms with Crippen LogP contribution in [0.2, 0.25) is 0 Å². The van der Waals surface area contributed by atoms with E-state index in [2.05, 4.69) is 9.97 Å². The fourth-order valence-electron chi connectivity index (χ4n) is 1.42. The van der Waals surface area contributed by atoms with Crippen LogP contribution in [-0.4, -0.2) is 15.1 Å². The predicted molar refractivity (Wildman–Crippen MR) is 69.4 cm³/mol. The number of benzene rings is 1. The van der Waals surface area contributed by atoms with Crippen LogP contribution in [0.5, 0.6) is 5.88 Å². The molecule has 6 heteroatoms. The molecule has 2 rings (SSSR count). The number of nitrogens with one attached hydrogen (secondary N) is 1. The normalized spacial score (nSPS) is 10.5. The maximum Gasteiger partial charge on any atom is 0.268 e. The Morgan fingerprint density at radius 3 is 2.82 bits per heavy atom. The van der Waals surface area contributed by atoms with E-state index in [4.69, 9.17) is 0 Å². The van der Waals surface area contributed by atoms with Gasteiger partial charge >= 0.3 is 0 Å². The summed E-state index contributed by atoms with van der Waals surface area (Å²) >= 11 is 1.69. The van der Waals surface area contributed by atoms with Crippen molar-refractivity contribution in [2.45, 2.75) is 6.92 Å². The Hall–Kier alpha value is -1.44. The third-order valence-electron chi connectivity index (χ3n) is 2.30. The van der Waals surface area contributed by atoms with Gasteiger partial charge in [0.05, 0.1) is 0 Å². The summed E-state index contributed by atoms with van der Waals surface area (Å²) in [6.45, 7) is 1.77. The summed E-state index contributed by atoms with van der Waals surface area (Å²) in [5, 5.41) is 9.47. The van der Waals surface area contributed by atoms with Gasteiger partial charge in [-0.2, -0.15) is 4.98 Å². The van der Waals surface area contributed by atoms with Gasteiger partial charge in [-0.05, 0) is 47.2 Å². The van der Waals surface area contributed by atoms with Crippen LogP contribution in [0.25, 0.3) is 11.4 Å². The van der Waals surface area contributed by atoms with Gasteiger partial charge in [0, 0.05) is 5.56 Å². The van der Waals surface area contributed by atoms with E-state index < -0.39 is 11.4 Å². The number of halogens is 2. The molecule has 4 nitrogen and oxygen atoms in total. The fraction of sp³-hybridized carbons (Fsp3) is 0.0909. The summed E-state index contributed by atoms with van der Waals surface area (Å²) in [6.07, 6.45) is 0. The average molecular weight is 346 g/mol. The van der Waals surface area contributed by atoms with Crippen LogP contribution in [0.4, 0.5) is 4.39 Å². The van der Waals surface area contributed by atoms with Crippen molar-refractivity contribution in [1.29, 1.82) is 0 Å². The zero-order valence-corrected chi connectivity index (χ0v) is 10.9. The number of aromatic nitrogens is 2. The molecular weight excluding hydrogens is 338 g/mol. The Morgan fingerprint density at radius 1 is 1.47 bits per heavy atom. The highest BCUT2D eigenvalue weighted by Crippen LogP contribution is 2.22. The van der Waals surface area contributed by atoms with Crippen LogP contribution >= 0.6 is 22.6 Å². The minimum absolute atomic E-state index is 0.111. The zero-order chi connectivity index (χ0) is 12.6. The smallest absolute Gasteiger partial charge is 0.268 e. The standard InChI is InChI=1S/C11H8FIN2O2/c1-5-2-3-6(12)4-7(5)9-14-10(16)8(13)11(17)15-9/h2-4H,1H3,(H2,14,15,16,17). The molecular formula is C11H8FIN2O2. The lowest BCUT2D eigenvalue weighted by molar-refractivity contribution is 0.447. The van der Waals surface area contributed by atoms with Gasteiger partial charge in [0.2, 0.25) is 5.88 Å². The highest BCUT2D eigenvalue weighted by Gasteiger charge is 2.11. The number of aromatic amines is 1. The van der Waals surface area contributed by atoms with Gasteiger partial charge in [0.15, 0.2) is 0 Å². The van der Waals surface area contributed by atoms with E-state index in [1.165, 1.54) is 12.1 Å². The zero-order valence-electron chi connectivity index (χ0n) is 8.79. The molecule has 0 radical (unpaired) electrons. The lowest BCUT2D eigenvalue weighted by Crippen LogP contribution is -2.12. The van der Waals surface area contributed by atoms with Gasteiger partial charge in [0.25, 0.3) is 5.56 Å². The summed E-state index contributed by atoms with van der Waals surface area (Å²) in [5.74, 6) is -0.621. The molecule has 0 unspecified atom stereocenters. The molecule has 0 bridgehead atoms. The minimum atomic E-state index is -0.447. The molecule has 0 amide bonds. The summed E-state index contributed by atoms with van der Waals surface area (Å²) in [6, 6.07) is 4.17. The molecule has 0 aliphatic rings. The van der Waals surface area contributed by atoms with Crippen LogP contribution in [0.15, 0.2) is 23.0 Å². The molecule has 0 saturated carbocycles. The monoisotopic (exact) mass is 346 g/mol. The first-order chi connectivity index (χ1) is 7.99. The van der Waals surface area contributed by atoms with Gasteiger partial charge in [-0.1, -0.05) is 6.07 Å². The molecule has 2 N–H and O–H groups in total. The van der Waals surface area contributed by atoms with Crippen molar-refractivity contribution in [3.63, 3.8) is 0 Å². The Balaban J connectivity index is 2.69. The van der Waals surface area contributed by atoms with Gasteiger partial charge in [-0.15, -0.1) is 0 Å². The third kappa shape index (κ3) is 2.31. The maximum absolute atomic E-state index is 13.1. The number of nitrogens with zero attached hydrogens (tertiary/aromatic N) is 1. The van der Waals surface area contributed by atoms with E-state index in [0.717, 1.165) is 5.56 Å². The third-order valence-corrected chi connectivity index (χ3v) is 3.27. The van der Waals surface area contributed by atoms with E-state index in [9.17, 15) is 14.3 Å². The SMILES string of the molecule is Cc1ccc(F)cc1-c1nc(O)c(I)c(=O)[nH]1. The topological polar surface area (TPSA) is 66.0 Å². The van der Waals surface area contributed by atoms with Gasteiger partial charge < -0.3 is 10.1 Å². The van der Waals surface area contributed by atoms with E-state index in [-0.39, 0.29) is 15.3 Å². The first-order valence-electron chi connectivity index (χ1n) is 4.74. The largest absolute Gasteiger partial charge is 0.492 e. The number of aryl methyl sites for hydroxylation is 1. The Bertz CT molecular complexity index is 640. The molecule has 17 heavy (non-hydrogen) atoms. The second-order valence-electron chi connectivity index (χ2n) is 3.51. The predicted octanol–water partition coefficient (Wildman–Crippen LogP) is 2.19. The van der Waals surface area contributed by atoms with Gasteiger partial charge in [-0.25, -0.2) is 4.39 Å². The highest BCUT2D eigenvalue weighted by atomic mass is 127. The van der Waals surface area contributed by atoms with E-state index in [1.807, 2.05) is 0 Å². The van der Waals surface area contributed by atoms with Gasteiger partial charge in [0.1, 0.15) is 15.2 Å². The molecule has 0 saturated heterocycles. The van der Waals surface area contributed by atoms with Crippen molar-refractivity contribution in [2.24, 2.45) is 0 Å². The van der Waals surface area contributed by atoms with Crippen LogP contribution in [0.1, 0.15) is 5.56 Å². The van der Waals surface area contributed by atoms with Crippen LogP contribution < -0.4 is 5.56 Å². The number of hydrogen-bond donors (Lipinski definition) is 2.